The Bertz CT molecular complexity index is 1170. The molecule has 4 rings (SSSR count). The molecule has 0 unspecified atom stereocenters. The van der Waals surface area contributed by atoms with E-state index in [9.17, 15) is 28.4 Å². The molecule has 11 heteroatoms. The Kier molecular flexibility index (Phi) is 5.96. The third-order valence-electron chi connectivity index (χ3n) is 6.32. The first-order valence-corrected chi connectivity index (χ1v) is 14.3. The average Bonchev–Trinajstić information content (AvgIpc) is 3.43. The predicted octanol–water partition coefficient (Wildman–Crippen LogP) is 2.05. The third kappa shape index (κ3) is 4.61. The summed E-state index contributed by atoms with van der Waals surface area (Å²) < 4.78 is 27.7. The minimum atomic E-state index is -1.94. The van der Waals surface area contributed by atoms with E-state index >= 15 is 0 Å². The monoisotopic (exact) mass is 473 g/mol. The van der Waals surface area contributed by atoms with Gasteiger partial charge in [0.1, 0.15) is 29.4 Å². The van der Waals surface area contributed by atoms with E-state index in [0.717, 1.165) is 12.1 Å². The van der Waals surface area contributed by atoms with E-state index in [4.69, 9.17) is 0 Å². The van der Waals surface area contributed by atoms with Gasteiger partial charge in [-0.1, -0.05) is 13.1 Å². The fraction of sp³-hybridized carbons (Fsp3) is 0.455. The molecule has 3 heterocycles. The van der Waals surface area contributed by atoms with Crippen LogP contribution in [0.2, 0.25) is 19.1 Å². The summed E-state index contributed by atoms with van der Waals surface area (Å²) in [5.41, 5.74) is 0.227. The average molecular weight is 474 g/mol. The first-order chi connectivity index (χ1) is 15.6. The van der Waals surface area contributed by atoms with Crippen molar-refractivity contribution in [1.82, 2.24) is 20.5 Å². The van der Waals surface area contributed by atoms with Crippen LogP contribution in [0.4, 0.5) is 8.78 Å². The van der Waals surface area contributed by atoms with E-state index in [2.05, 4.69) is 28.7 Å². The van der Waals surface area contributed by atoms with Crippen LogP contribution in [0, 0.1) is 28.9 Å². The fourth-order valence-corrected chi connectivity index (χ4v) is 7.58. The zero-order chi connectivity index (χ0) is 23.9. The molecule has 1 aromatic heterocycles. The topological polar surface area (TPSA) is 118 Å². The van der Waals surface area contributed by atoms with Gasteiger partial charge in [0.25, 0.3) is 5.91 Å². The zero-order valence-electron chi connectivity index (χ0n) is 18.4. The number of hydrogen-bond donors (Lipinski definition) is 3. The van der Waals surface area contributed by atoms with E-state index in [1.807, 2.05) is 6.07 Å². The van der Waals surface area contributed by atoms with Gasteiger partial charge in [0.05, 0.1) is 19.7 Å². The number of nitrogens with one attached hydrogen (secondary N) is 3. The van der Waals surface area contributed by atoms with Crippen LogP contribution in [-0.4, -0.2) is 60.5 Å². The van der Waals surface area contributed by atoms with Crippen LogP contribution < -0.4 is 10.6 Å². The van der Waals surface area contributed by atoms with Gasteiger partial charge in [0.15, 0.2) is 0 Å². The molecule has 0 saturated carbocycles. The maximum absolute atomic E-state index is 14.1. The van der Waals surface area contributed by atoms with Gasteiger partial charge in [-0.15, -0.1) is 0 Å². The first-order valence-electron chi connectivity index (χ1n) is 10.8. The number of H-pyrrole nitrogens is 1. The molecule has 2 fully saturated rings. The Morgan fingerprint density at radius 1 is 1.33 bits per heavy atom. The summed E-state index contributed by atoms with van der Waals surface area (Å²) in [4.78, 5) is 42.5. The summed E-state index contributed by atoms with van der Waals surface area (Å²) in [6, 6.07) is 4.11. The Morgan fingerprint density at radius 3 is 2.76 bits per heavy atom. The zero-order valence-corrected chi connectivity index (χ0v) is 19.4. The van der Waals surface area contributed by atoms with Crippen molar-refractivity contribution in [2.24, 2.45) is 5.92 Å². The van der Waals surface area contributed by atoms with Crippen LogP contribution in [0.25, 0.3) is 10.9 Å². The van der Waals surface area contributed by atoms with Crippen molar-refractivity contribution < 1.29 is 23.2 Å². The Labute approximate surface area is 190 Å². The summed E-state index contributed by atoms with van der Waals surface area (Å²) in [5.74, 6) is -2.92. The van der Waals surface area contributed by atoms with E-state index in [0.29, 0.717) is 25.2 Å². The van der Waals surface area contributed by atoms with Crippen LogP contribution >= 0.6 is 0 Å². The van der Waals surface area contributed by atoms with E-state index in [-0.39, 0.29) is 34.8 Å². The summed E-state index contributed by atoms with van der Waals surface area (Å²) >= 11 is 0. The molecule has 2 saturated heterocycles. The fourth-order valence-electron chi connectivity index (χ4n) is 4.71. The number of carbonyl (C=O) groups is 3. The number of amides is 3. The molecule has 0 bridgehead atoms. The van der Waals surface area contributed by atoms with Crippen LogP contribution in [0.3, 0.4) is 0 Å². The minimum Gasteiger partial charge on any atom is -0.356 e. The Morgan fingerprint density at radius 2 is 2.09 bits per heavy atom. The SMILES string of the molecule is C[Si]1(C)C[C@@H](C(=O)N[C@H](C#N)C[C@@H]2CCNC2=O)N(C(=O)c2cc3c(F)cc(F)cc3[nH]2)C1. The van der Waals surface area contributed by atoms with E-state index in [1.54, 1.807) is 0 Å². The van der Waals surface area contributed by atoms with Crippen molar-refractivity contribution in [2.75, 3.05) is 12.7 Å². The second-order valence-electron chi connectivity index (χ2n) is 9.55. The molecule has 3 N–H and O–H groups in total. The lowest BCUT2D eigenvalue weighted by molar-refractivity contribution is -0.126. The molecular weight excluding hydrogens is 448 g/mol. The standard InChI is InChI=1S/C22H25F2N5O3Si/c1-33(2)10-19(21(31)27-14(9-25)5-12-3-4-26-20(12)30)29(11-33)22(32)18-8-15-16(24)6-13(23)7-17(15)28-18/h6-8,12,14,19,28H,3-5,10-11H2,1-2H3,(H,26,30)(H,27,31)/t12-,14-,19-/m0/s1. The number of aromatic amines is 1. The lowest BCUT2D eigenvalue weighted by Gasteiger charge is -2.25. The highest BCUT2D eigenvalue weighted by Gasteiger charge is 2.46. The number of nitriles is 1. The molecule has 2 aliphatic heterocycles. The molecule has 2 aromatic rings. The van der Waals surface area contributed by atoms with Gasteiger partial charge in [-0.2, -0.15) is 5.26 Å². The van der Waals surface area contributed by atoms with Crippen LogP contribution in [-0.2, 0) is 9.59 Å². The molecule has 2 aliphatic rings. The first kappa shape index (κ1) is 22.9. The highest BCUT2D eigenvalue weighted by atomic mass is 28.3. The predicted molar refractivity (Wildman–Crippen MR) is 119 cm³/mol. The summed E-state index contributed by atoms with van der Waals surface area (Å²) in [6.45, 7) is 4.67. The number of nitrogens with zero attached hydrogens (tertiary/aromatic N) is 2. The van der Waals surface area contributed by atoms with Crippen LogP contribution in [0.5, 0.6) is 0 Å². The van der Waals surface area contributed by atoms with Crippen molar-refractivity contribution >= 4 is 36.7 Å². The van der Waals surface area contributed by atoms with Crippen molar-refractivity contribution in [2.45, 2.75) is 44.1 Å². The molecule has 3 amide bonds. The van der Waals surface area contributed by atoms with Gasteiger partial charge in [-0.3, -0.25) is 14.4 Å². The molecule has 33 heavy (non-hydrogen) atoms. The van der Waals surface area contributed by atoms with Gasteiger partial charge in [0, 0.05) is 30.1 Å². The van der Waals surface area contributed by atoms with E-state index < -0.39 is 43.6 Å². The van der Waals surface area contributed by atoms with Gasteiger partial charge >= 0.3 is 0 Å². The quantitative estimate of drug-likeness (QED) is 0.576. The highest BCUT2D eigenvalue weighted by Crippen LogP contribution is 2.30. The summed E-state index contributed by atoms with van der Waals surface area (Å²) in [7, 11) is -1.94. The Balaban J connectivity index is 1.54. The second-order valence-corrected chi connectivity index (χ2v) is 14.6. The van der Waals surface area contributed by atoms with Crippen molar-refractivity contribution in [3.05, 3.63) is 35.5 Å². The summed E-state index contributed by atoms with van der Waals surface area (Å²) in [5, 5.41) is 15.0. The van der Waals surface area contributed by atoms with Crippen molar-refractivity contribution in [1.29, 1.82) is 5.26 Å². The lowest BCUT2D eigenvalue weighted by Crippen LogP contribution is -2.49. The number of hydrogen-bond acceptors (Lipinski definition) is 4. The number of fused-ring (bicyclic) bond motifs is 1. The lowest BCUT2D eigenvalue weighted by atomic mass is 9.99. The van der Waals surface area contributed by atoms with E-state index in [1.165, 1.54) is 11.0 Å². The third-order valence-corrected chi connectivity index (χ3v) is 9.01. The molecule has 8 nitrogen and oxygen atoms in total. The normalized spacial score (nSPS) is 22.8. The van der Waals surface area contributed by atoms with Gasteiger partial charge in [0.2, 0.25) is 11.8 Å². The molecule has 0 radical (unpaired) electrons. The minimum absolute atomic E-state index is 0.0680. The number of halogens is 2. The largest absolute Gasteiger partial charge is 0.356 e. The molecular formula is C22H25F2N5O3Si. The number of rotatable bonds is 5. The highest BCUT2D eigenvalue weighted by molar-refractivity contribution is 6.79. The van der Waals surface area contributed by atoms with Crippen LogP contribution in [0.15, 0.2) is 18.2 Å². The van der Waals surface area contributed by atoms with Gasteiger partial charge in [-0.05, 0) is 31.0 Å². The number of carbonyl (C=O) groups excluding carboxylic acids is 3. The Hall–Kier alpha value is -3.26. The molecule has 0 spiro atoms. The number of benzene rings is 1. The van der Waals surface area contributed by atoms with Crippen molar-refractivity contribution in [3.8, 4) is 6.07 Å². The smallest absolute Gasteiger partial charge is 0.270 e. The molecule has 0 aliphatic carbocycles. The van der Waals surface area contributed by atoms with Crippen molar-refractivity contribution in [3.63, 3.8) is 0 Å². The molecule has 3 atom stereocenters. The maximum atomic E-state index is 14.1. The summed E-state index contributed by atoms with van der Waals surface area (Å²) in [6.07, 6.45) is 1.24. The second kappa shape index (κ2) is 8.59. The van der Waals surface area contributed by atoms with Crippen LogP contribution in [0.1, 0.15) is 23.3 Å². The molecule has 174 valence electrons. The maximum Gasteiger partial charge on any atom is 0.270 e. The van der Waals surface area contributed by atoms with Gasteiger partial charge in [-0.25, -0.2) is 8.78 Å². The van der Waals surface area contributed by atoms with Gasteiger partial charge < -0.3 is 20.5 Å². The molecule has 1 aromatic carbocycles. The number of aromatic nitrogens is 1.